The van der Waals surface area contributed by atoms with E-state index in [0.717, 1.165) is 50.3 Å². The van der Waals surface area contributed by atoms with E-state index in [-0.39, 0.29) is 40.4 Å². The first-order valence-corrected chi connectivity index (χ1v) is 14.6. The molecule has 5 atom stereocenters. The maximum Gasteiger partial charge on any atom is 0.573 e. The molecule has 3 fully saturated rings. The Morgan fingerprint density at radius 3 is 2.78 bits per heavy atom. The standard InChI is InChI=1S/C32H35F3N2O4/c1-30-13-12-23(36(2)26(39)11-8-19-4-3-5-22(16-19)41-32(33,34)35)29-31(30)14-15-37(18-20-6-7-20)25(30)17-21-9-10-24(38)28(40-29)27(21)31/h3-5,8-11,16,20,23,25,29,38H,6-7,12-15,17-18H2,1-2H3/t23-,25-,29+,30+,31+/m1/s1. The van der Waals surface area contributed by atoms with Crippen molar-refractivity contribution in [2.75, 3.05) is 20.1 Å². The Morgan fingerprint density at radius 1 is 1.22 bits per heavy atom. The van der Waals surface area contributed by atoms with Gasteiger partial charge in [-0.3, -0.25) is 9.69 Å². The molecule has 0 radical (unpaired) electrons. The van der Waals surface area contributed by atoms with Crippen LogP contribution in [0.25, 0.3) is 6.08 Å². The number of ether oxygens (including phenoxy) is 2. The molecule has 1 amide bonds. The first-order chi connectivity index (χ1) is 19.5. The number of aromatic hydroxyl groups is 1. The SMILES string of the molecule is CN(C(=O)C=Cc1cccc(OC(F)(F)F)c1)[C@@H]1CC[C@@]2(C)[C@H]3Cc4ccc(O)c5c4[C@@]2(CCN3CC2CC2)[C@H]1O5. The normalized spacial score (nSPS) is 32.0. The van der Waals surface area contributed by atoms with Crippen molar-refractivity contribution in [3.63, 3.8) is 0 Å². The molecule has 41 heavy (non-hydrogen) atoms. The number of amides is 1. The second-order valence-electron chi connectivity index (χ2n) is 12.8. The number of hydrogen-bond acceptors (Lipinski definition) is 5. The molecule has 2 aliphatic heterocycles. The molecule has 0 aromatic heterocycles. The van der Waals surface area contributed by atoms with E-state index in [0.29, 0.717) is 17.4 Å². The van der Waals surface area contributed by atoms with E-state index in [2.05, 4.69) is 22.6 Å². The summed E-state index contributed by atoms with van der Waals surface area (Å²) >= 11 is 0. The molecule has 9 heteroatoms. The van der Waals surface area contributed by atoms with E-state index in [4.69, 9.17) is 4.74 Å². The van der Waals surface area contributed by atoms with Crippen LogP contribution in [-0.2, 0) is 16.6 Å². The zero-order valence-electron chi connectivity index (χ0n) is 23.3. The fourth-order valence-corrected chi connectivity index (χ4v) is 8.57. The number of carbonyl (C=O) groups is 1. The van der Waals surface area contributed by atoms with Gasteiger partial charge in [-0.05, 0) is 91.8 Å². The zero-order chi connectivity index (χ0) is 28.7. The average molecular weight is 569 g/mol. The number of carbonyl (C=O) groups excluding carboxylic acids is 1. The Bertz CT molecular complexity index is 1420. The number of benzene rings is 2. The second-order valence-corrected chi connectivity index (χ2v) is 12.8. The molecule has 2 saturated carbocycles. The maximum atomic E-state index is 13.5. The number of rotatable bonds is 6. The summed E-state index contributed by atoms with van der Waals surface area (Å²) in [6.07, 6.45) is 4.03. The molecule has 6 nitrogen and oxygen atoms in total. The number of nitrogens with zero attached hydrogens (tertiary/aromatic N) is 2. The van der Waals surface area contributed by atoms with E-state index in [1.54, 1.807) is 24.1 Å². The number of hydrogen-bond donors (Lipinski definition) is 1. The molecule has 218 valence electrons. The lowest BCUT2D eigenvalue weighted by molar-refractivity contribution is -0.274. The summed E-state index contributed by atoms with van der Waals surface area (Å²) in [6, 6.07) is 9.54. The van der Waals surface area contributed by atoms with Crippen LogP contribution < -0.4 is 9.47 Å². The van der Waals surface area contributed by atoms with Gasteiger partial charge in [0.1, 0.15) is 11.9 Å². The molecule has 1 saturated heterocycles. The minimum Gasteiger partial charge on any atom is -0.504 e. The Kier molecular flexibility index (Phi) is 5.95. The summed E-state index contributed by atoms with van der Waals surface area (Å²) in [5.74, 6) is 0.950. The summed E-state index contributed by atoms with van der Waals surface area (Å²) < 4.78 is 48.7. The molecule has 3 aliphatic carbocycles. The first kappa shape index (κ1) is 26.7. The molecule has 2 aromatic rings. The molecule has 1 spiro atoms. The zero-order valence-corrected chi connectivity index (χ0v) is 23.3. The van der Waals surface area contributed by atoms with Gasteiger partial charge in [0.05, 0.1) is 6.04 Å². The molecule has 1 N–H and O–H groups in total. The number of phenolic OH excluding ortho intramolecular Hbond substituents is 1. The molecular weight excluding hydrogens is 533 g/mol. The smallest absolute Gasteiger partial charge is 0.504 e. The summed E-state index contributed by atoms with van der Waals surface area (Å²) in [7, 11) is 1.77. The van der Waals surface area contributed by atoms with E-state index < -0.39 is 6.36 Å². The molecule has 7 rings (SSSR count). The van der Waals surface area contributed by atoms with Gasteiger partial charge in [0, 0.05) is 36.7 Å². The number of likely N-dealkylation sites (tertiary alicyclic amines) is 1. The van der Waals surface area contributed by atoms with Gasteiger partial charge >= 0.3 is 6.36 Å². The van der Waals surface area contributed by atoms with Crippen LogP contribution in [0.15, 0.2) is 42.5 Å². The van der Waals surface area contributed by atoms with Gasteiger partial charge in [-0.2, -0.15) is 0 Å². The van der Waals surface area contributed by atoms with Crippen molar-refractivity contribution < 1.29 is 32.5 Å². The van der Waals surface area contributed by atoms with E-state index in [1.165, 1.54) is 48.8 Å². The van der Waals surface area contributed by atoms with Crippen molar-refractivity contribution in [2.45, 2.75) is 75.4 Å². The number of alkyl halides is 3. The van der Waals surface area contributed by atoms with Gasteiger partial charge in [-0.15, -0.1) is 13.2 Å². The number of phenols is 1. The summed E-state index contributed by atoms with van der Waals surface area (Å²) in [5, 5.41) is 10.9. The summed E-state index contributed by atoms with van der Waals surface area (Å²) in [5.41, 5.74) is 2.48. The van der Waals surface area contributed by atoms with Crippen molar-refractivity contribution >= 4 is 12.0 Å². The van der Waals surface area contributed by atoms with Gasteiger partial charge in [-0.1, -0.05) is 25.1 Å². The van der Waals surface area contributed by atoms with E-state index >= 15 is 0 Å². The molecule has 2 heterocycles. The van der Waals surface area contributed by atoms with Crippen LogP contribution in [0.1, 0.15) is 55.7 Å². The monoisotopic (exact) mass is 568 g/mol. The van der Waals surface area contributed by atoms with E-state index in [1.807, 2.05) is 0 Å². The fourth-order valence-electron chi connectivity index (χ4n) is 8.57. The predicted molar refractivity (Wildman–Crippen MR) is 147 cm³/mol. The van der Waals surface area contributed by atoms with Crippen molar-refractivity contribution in [1.82, 2.24) is 9.80 Å². The Morgan fingerprint density at radius 2 is 2.02 bits per heavy atom. The minimum absolute atomic E-state index is 0.0496. The van der Waals surface area contributed by atoms with Crippen molar-refractivity contribution in [2.24, 2.45) is 11.3 Å². The molecule has 0 unspecified atom stereocenters. The lowest BCUT2D eigenvalue weighted by Gasteiger charge is -2.66. The third-order valence-electron chi connectivity index (χ3n) is 10.7. The van der Waals surface area contributed by atoms with Crippen LogP contribution in [0.5, 0.6) is 17.2 Å². The predicted octanol–water partition coefficient (Wildman–Crippen LogP) is 5.67. The highest BCUT2D eigenvalue weighted by molar-refractivity contribution is 5.92. The van der Waals surface area contributed by atoms with Crippen LogP contribution in [0.4, 0.5) is 13.2 Å². The first-order valence-electron chi connectivity index (χ1n) is 14.6. The van der Waals surface area contributed by atoms with Crippen molar-refractivity contribution in [1.29, 1.82) is 0 Å². The topological polar surface area (TPSA) is 62.2 Å². The highest BCUT2D eigenvalue weighted by Gasteiger charge is 2.71. The average Bonchev–Trinajstić information content (AvgIpc) is 3.66. The third-order valence-corrected chi connectivity index (χ3v) is 10.7. The van der Waals surface area contributed by atoms with Crippen molar-refractivity contribution in [3.8, 4) is 17.2 Å². The van der Waals surface area contributed by atoms with Gasteiger partial charge in [-0.25, -0.2) is 0 Å². The molecule has 2 aromatic carbocycles. The van der Waals surface area contributed by atoms with Crippen LogP contribution in [0.2, 0.25) is 0 Å². The van der Waals surface area contributed by atoms with Gasteiger partial charge < -0.3 is 19.5 Å². The Balaban J connectivity index is 1.18. The quantitative estimate of drug-likeness (QED) is 0.455. The second kappa shape index (κ2) is 9.15. The summed E-state index contributed by atoms with van der Waals surface area (Å²) in [6.45, 7) is 4.53. The van der Waals surface area contributed by atoms with Gasteiger partial charge in [0.2, 0.25) is 5.91 Å². The van der Waals surface area contributed by atoms with Crippen LogP contribution >= 0.6 is 0 Å². The molecular formula is C32H35F3N2O4. The highest BCUT2D eigenvalue weighted by atomic mass is 19.4. The Labute approximate surface area is 237 Å². The molecule has 5 aliphatic rings. The minimum atomic E-state index is -4.79. The summed E-state index contributed by atoms with van der Waals surface area (Å²) in [4.78, 5) is 17.9. The number of halogens is 3. The van der Waals surface area contributed by atoms with Crippen LogP contribution in [0.3, 0.4) is 0 Å². The fraction of sp³-hybridized carbons (Fsp3) is 0.531. The van der Waals surface area contributed by atoms with E-state index in [9.17, 15) is 23.1 Å². The highest BCUT2D eigenvalue weighted by Crippen LogP contribution is 2.69. The Hall–Kier alpha value is -3.20. The largest absolute Gasteiger partial charge is 0.573 e. The maximum absolute atomic E-state index is 13.5. The lowest BCUT2D eigenvalue weighted by Crippen LogP contribution is -2.73. The number of likely N-dealkylation sites (N-methyl/N-ethyl adjacent to an activating group) is 1. The van der Waals surface area contributed by atoms with Gasteiger partial charge in [0.15, 0.2) is 11.5 Å². The van der Waals surface area contributed by atoms with Crippen LogP contribution in [0, 0.1) is 11.3 Å². The lowest BCUT2D eigenvalue weighted by atomic mass is 9.43. The van der Waals surface area contributed by atoms with Gasteiger partial charge in [0.25, 0.3) is 0 Å². The van der Waals surface area contributed by atoms with Crippen molar-refractivity contribution in [3.05, 3.63) is 59.2 Å². The molecule has 2 bridgehead atoms. The third kappa shape index (κ3) is 4.14. The number of piperidine rings is 1. The van der Waals surface area contributed by atoms with Crippen LogP contribution in [-0.4, -0.2) is 65.5 Å².